The van der Waals surface area contributed by atoms with E-state index in [0.717, 1.165) is 0 Å². The number of nitrogens with two attached hydrogens (primary N) is 1. The number of benzene rings is 2. The number of nitrogen functional groups attached to an aromatic ring is 1. The summed E-state index contributed by atoms with van der Waals surface area (Å²) in [6, 6.07) is 7.87. The number of rotatable bonds is 6. The second-order valence-electron chi connectivity index (χ2n) is 7.65. The van der Waals surface area contributed by atoms with E-state index in [0.29, 0.717) is 36.3 Å². The van der Waals surface area contributed by atoms with Crippen molar-refractivity contribution in [3.8, 4) is 0 Å². The smallest absolute Gasteiger partial charge is 0.328 e. The number of anilines is 2. The van der Waals surface area contributed by atoms with E-state index in [-0.39, 0.29) is 23.1 Å². The van der Waals surface area contributed by atoms with Gasteiger partial charge < -0.3 is 25.4 Å². The van der Waals surface area contributed by atoms with Crippen molar-refractivity contribution in [2.75, 3.05) is 30.9 Å². The number of methoxy groups -OCH3 is 1. The van der Waals surface area contributed by atoms with E-state index >= 15 is 0 Å². The molecule has 1 aliphatic heterocycles. The number of halogens is 2. The quantitative estimate of drug-likeness (QED) is 0.488. The summed E-state index contributed by atoms with van der Waals surface area (Å²) in [5.41, 5.74) is 7.36. The predicted molar refractivity (Wildman–Crippen MR) is 121 cm³/mol. The summed E-state index contributed by atoms with van der Waals surface area (Å²) in [5, 5.41) is 2.70. The maximum absolute atomic E-state index is 14.1. The maximum Gasteiger partial charge on any atom is 0.328 e. The molecule has 0 bridgehead atoms. The lowest BCUT2D eigenvalue weighted by Gasteiger charge is -2.25. The third kappa shape index (κ3) is 5.80. The van der Waals surface area contributed by atoms with Crippen LogP contribution >= 0.6 is 11.6 Å². The summed E-state index contributed by atoms with van der Waals surface area (Å²) in [5.74, 6) is -1.94. The van der Waals surface area contributed by atoms with Crippen LogP contribution in [0.2, 0.25) is 5.02 Å². The zero-order chi connectivity index (χ0) is 24.1. The number of nitrogens with one attached hydrogen (secondary N) is 1. The van der Waals surface area contributed by atoms with Crippen LogP contribution in [0.5, 0.6) is 0 Å². The van der Waals surface area contributed by atoms with Crippen molar-refractivity contribution in [2.45, 2.75) is 31.9 Å². The van der Waals surface area contributed by atoms with Gasteiger partial charge in [-0.25, -0.2) is 9.18 Å². The SMILES string of the molecule is COC(=O)[C@H](C)NC(=O)COC1CCCN(C(=O)c2ccc(N)cc2Cl)c2ccc(F)cc21. The zero-order valence-electron chi connectivity index (χ0n) is 18.3. The molecule has 0 fully saturated rings. The van der Waals surface area contributed by atoms with Crippen LogP contribution in [0.1, 0.15) is 41.8 Å². The van der Waals surface area contributed by atoms with E-state index < -0.39 is 29.8 Å². The van der Waals surface area contributed by atoms with Crippen LogP contribution in [0.25, 0.3) is 0 Å². The van der Waals surface area contributed by atoms with Crippen LogP contribution in [-0.2, 0) is 19.1 Å². The van der Waals surface area contributed by atoms with Gasteiger partial charge in [-0.2, -0.15) is 0 Å². The van der Waals surface area contributed by atoms with Gasteiger partial charge in [0, 0.05) is 23.5 Å². The van der Waals surface area contributed by atoms with Crippen molar-refractivity contribution in [1.29, 1.82) is 0 Å². The largest absolute Gasteiger partial charge is 0.467 e. The van der Waals surface area contributed by atoms with Crippen LogP contribution < -0.4 is 16.0 Å². The van der Waals surface area contributed by atoms with Gasteiger partial charge in [-0.3, -0.25) is 9.59 Å². The molecule has 10 heteroatoms. The molecule has 1 aliphatic rings. The third-order valence-electron chi connectivity index (χ3n) is 5.29. The van der Waals surface area contributed by atoms with Gasteiger partial charge in [0.1, 0.15) is 18.5 Å². The highest BCUT2D eigenvalue weighted by Gasteiger charge is 2.29. The Bertz CT molecular complexity index is 1060. The topological polar surface area (TPSA) is 111 Å². The maximum atomic E-state index is 14.1. The molecule has 8 nitrogen and oxygen atoms in total. The molecule has 0 radical (unpaired) electrons. The van der Waals surface area contributed by atoms with Gasteiger partial charge in [-0.05, 0) is 56.2 Å². The van der Waals surface area contributed by atoms with Crippen molar-refractivity contribution < 1.29 is 28.2 Å². The minimum Gasteiger partial charge on any atom is -0.467 e. The number of amides is 2. The van der Waals surface area contributed by atoms with Crippen molar-refractivity contribution in [3.05, 3.63) is 58.4 Å². The molecular formula is C23H25ClFN3O5. The third-order valence-corrected chi connectivity index (χ3v) is 5.60. The molecule has 2 atom stereocenters. The molecule has 3 N–H and O–H groups in total. The van der Waals surface area contributed by atoms with E-state index in [1.54, 1.807) is 12.1 Å². The molecule has 0 saturated carbocycles. The predicted octanol–water partition coefficient (Wildman–Crippen LogP) is 3.24. The second kappa shape index (κ2) is 10.6. The van der Waals surface area contributed by atoms with Gasteiger partial charge in [0.2, 0.25) is 5.91 Å². The standard InChI is InChI=1S/C23H25ClFN3O5/c1-13(23(31)32-2)27-21(29)12-33-20-4-3-9-28(19-8-5-14(25)10-17(19)20)22(30)16-7-6-15(26)11-18(16)24/h5-8,10-11,13,20H,3-4,9,12,26H2,1-2H3,(H,27,29)/t13-,20?/m0/s1. The van der Waals surface area contributed by atoms with Crippen molar-refractivity contribution >= 4 is 40.8 Å². The molecule has 1 unspecified atom stereocenters. The molecule has 0 aliphatic carbocycles. The Balaban J connectivity index is 1.82. The lowest BCUT2D eigenvalue weighted by molar-refractivity contribution is -0.145. The van der Waals surface area contributed by atoms with Crippen molar-refractivity contribution in [1.82, 2.24) is 5.32 Å². The summed E-state index contributed by atoms with van der Waals surface area (Å²) in [4.78, 5) is 38.5. The van der Waals surface area contributed by atoms with E-state index in [2.05, 4.69) is 10.1 Å². The fraction of sp³-hybridized carbons (Fsp3) is 0.348. The molecular weight excluding hydrogens is 453 g/mol. The highest BCUT2D eigenvalue weighted by molar-refractivity contribution is 6.34. The molecule has 1 heterocycles. The Morgan fingerprint density at radius 2 is 2.03 bits per heavy atom. The van der Waals surface area contributed by atoms with E-state index in [4.69, 9.17) is 22.1 Å². The Kier molecular flexibility index (Phi) is 7.88. The fourth-order valence-electron chi connectivity index (χ4n) is 3.67. The summed E-state index contributed by atoms with van der Waals surface area (Å²) in [6.07, 6.45) is 0.365. The molecule has 0 spiro atoms. The lowest BCUT2D eigenvalue weighted by Crippen LogP contribution is -2.41. The average molecular weight is 478 g/mol. The first-order chi connectivity index (χ1) is 15.7. The normalized spacial score (nSPS) is 16.4. The van der Waals surface area contributed by atoms with Crippen LogP contribution in [0.3, 0.4) is 0 Å². The zero-order valence-corrected chi connectivity index (χ0v) is 19.0. The Morgan fingerprint density at radius 3 is 2.73 bits per heavy atom. The van der Waals surface area contributed by atoms with Crippen molar-refractivity contribution in [3.63, 3.8) is 0 Å². The van der Waals surface area contributed by atoms with E-state index in [1.165, 1.54) is 43.2 Å². The summed E-state index contributed by atoms with van der Waals surface area (Å²) >= 11 is 6.23. The van der Waals surface area contributed by atoms with Gasteiger partial charge in [0.05, 0.1) is 23.8 Å². The molecule has 2 aromatic rings. The number of fused-ring (bicyclic) bond motifs is 1. The first-order valence-electron chi connectivity index (χ1n) is 10.4. The Labute approximate surface area is 195 Å². The van der Waals surface area contributed by atoms with Gasteiger partial charge in [-0.15, -0.1) is 0 Å². The lowest BCUT2D eigenvalue weighted by atomic mass is 10.0. The second-order valence-corrected chi connectivity index (χ2v) is 8.06. The van der Waals surface area contributed by atoms with Crippen LogP contribution in [0, 0.1) is 5.82 Å². The number of hydrogen-bond acceptors (Lipinski definition) is 6. The monoisotopic (exact) mass is 477 g/mol. The molecule has 2 amide bonds. The summed E-state index contributed by atoms with van der Waals surface area (Å²) < 4.78 is 24.5. The van der Waals surface area contributed by atoms with Gasteiger partial charge >= 0.3 is 5.97 Å². The highest BCUT2D eigenvalue weighted by atomic mass is 35.5. The molecule has 33 heavy (non-hydrogen) atoms. The van der Waals surface area contributed by atoms with Crippen LogP contribution in [0.15, 0.2) is 36.4 Å². The van der Waals surface area contributed by atoms with Crippen molar-refractivity contribution in [2.24, 2.45) is 0 Å². The average Bonchev–Trinajstić information content (AvgIpc) is 2.95. The minimum atomic E-state index is -0.831. The first-order valence-corrected chi connectivity index (χ1v) is 10.7. The summed E-state index contributed by atoms with van der Waals surface area (Å²) in [6.45, 7) is 1.50. The number of carbonyl (C=O) groups excluding carboxylic acids is 3. The number of ether oxygens (including phenoxy) is 2. The number of carbonyl (C=O) groups is 3. The Hall–Kier alpha value is -3.17. The van der Waals surface area contributed by atoms with E-state index in [9.17, 15) is 18.8 Å². The molecule has 0 aromatic heterocycles. The summed E-state index contributed by atoms with van der Waals surface area (Å²) in [7, 11) is 1.23. The van der Waals surface area contributed by atoms with Gasteiger partial charge in [-0.1, -0.05) is 11.6 Å². The molecule has 0 saturated heterocycles. The highest BCUT2D eigenvalue weighted by Crippen LogP contribution is 2.37. The first kappa shape index (κ1) is 24.5. The van der Waals surface area contributed by atoms with E-state index in [1.807, 2.05) is 0 Å². The molecule has 3 rings (SSSR count). The fourth-order valence-corrected chi connectivity index (χ4v) is 3.94. The Morgan fingerprint density at radius 1 is 1.27 bits per heavy atom. The van der Waals surface area contributed by atoms with Gasteiger partial charge in [0.25, 0.3) is 5.91 Å². The number of hydrogen-bond donors (Lipinski definition) is 2. The number of nitrogens with zero attached hydrogens (tertiary/aromatic N) is 1. The van der Waals surface area contributed by atoms with Crippen LogP contribution in [0.4, 0.5) is 15.8 Å². The van der Waals surface area contributed by atoms with Gasteiger partial charge in [0.15, 0.2) is 0 Å². The minimum absolute atomic E-state index is 0.220. The molecule has 176 valence electrons. The molecule has 2 aromatic carbocycles. The number of esters is 1. The van der Waals surface area contributed by atoms with Crippen LogP contribution in [-0.4, -0.2) is 44.1 Å².